The third kappa shape index (κ3) is 2.56. The second-order valence-electron chi connectivity index (χ2n) is 4.35. The molecule has 1 unspecified atom stereocenters. The molecular formula is C12H17N3OS. The molecule has 0 radical (unpaired) electrons. The van der Waals surface area contributed by atoms with E-state index >= 15 is 0 Å². The van der Waals surface area contributed by atoms with E-state index in [0.717, 1.165) is 29.0 Å². The molecule has 5 heteroatoms. The Hall–Kier alpha value is -1.20. The SMILES string of the molecule is Cc1csc2c(N(C)CCC(C)O)ncnc12. The summed E-state index contributed by atoms with van der Waals surface area (Å²) in [6.07, 6.45) is 2.07. The first-order chi connectivity index (χ1) is 8.09. The maximum Gasteiger partial charge on any atom is 0.149 e. The molecule has 0 bridgehead atoms. The van der Waals surface area contributed by atoms with Gasteiger partial charge in [0.05, 0.1) is 16.3 Å². The molecule has 0 saturated heterocycles. The molecule has 1 atom stereocenters. The molecule has 0 aromatic carbocycles. The first-order valence-corrected chi connectivity index (χ1v) is 6.55. The van der Waals surface area contributed by atoms with Gasteiger partial charge in [0, 0.05) is 13.6 Å². The van der Waals surface area contributed by atoms with Crippen molar-refractivity contribution in [2.24, 2.45) is 0 Å². The Balaban J connectivity index is 2.28. The molecule has 0 fully saturated rings. The zero-order valence-electron chi connectivity index (χ0n) is 10.3. The van der Waals surface area contributed by atoms with E-state index in [-0.39, 0.29) is 6.10 Å². The van der Waals surface area contributed by atoms with Gasteiger partial charge in [-0.25, -0.2) is 9.97 Å². The Kier molecular flexibility index (Phi) is 3.59. The van der Waals surface area contributed by atoms with Crippen LogP contribution in [-0.2, 0) is 0 Å². The minimum absolute atomic E-state index is 0.278. The average Bonchev–Trinajstić information content (AvgIpc) is 2.68. The first-order valence-electron chi connectivity index (χ1n) is 5.67. The third-order valence-electron chi connectivity index (χ3n) is 2.76. The van der Waals surface area contributed by atoms with Crippen molar-refractivity contribution in [2.45, 2.75) is 26.4 Å². The number of fused-ring (bicyclic) bond motifs is 1. The highest BCUT2D eigenvalue weighted by molar-refractivity contribution is 7.18. The van der Waals surface area contributed by atoms with Gasteiger partial charge < -0.3 is 10.0 Å². The van der Waals surface area contributed by atoms with Crippen LogP contribution in [-0.4, -0.2) is 34.8 Å². The number of hydrogen-bond acceptors (Lipinski definition) is 5. The molecule has 0 spiro atoms. The summed E-state index contributed by atoms with van der Waals surface area (Å²) >= 11 is 1.67. The molecule has 2 aromatic heterocycles. The number of thiophene rings is 1. The van der Waals surface area contributed by atoms with Gasteiger partial charge in [0.15, 0.2) is 0 Å². The fourth-order valence-electron chi connectivity index (χ4n) is 1.72. The summed E-state index contributed by atoms with van der Waals surface area (Å²) in [6.45, 7) is 4.66. The quantitative estimate of drug-likeness (QED) is 0.905. The Bertz CT molecular complexity index is 509. The van der Waals surface area contributed by atoms with Crippen LogP contribution in [0.25, 0.3) is 10.2 Å². The van der Waals surface area contributed by atoms with Crippen molar-refractivity contribution in [3.8, 4) is 0 Å². The molecule has 0 aliphatic carbocycles. The molecule has 2 aromatic rings. The van der Waals surface area contributed by atoms with Gasteiger partial charge >= 0.3 is 0 Å². The average molecular weight is 251 g/mol. The summed E-state index contributed by atoms with van der Waals surface area (Å²) in [6, 6.07) is 0. The third-order valence-corrected chi connectivity index (χ3v) is 3.84. The van der Waals surface area contributed by atoms with Crippen molar-refractivity contribution in [1.29, 1.82) is 0 Å². The molecular weight excluding hydrogens is 234 g/mol. The summed E-state index contributed by atoms with van der Waals surface area (Å²) in [5, 5.41) is 11.4. The van der Waals surface area contributed by atoms with Crippen LogP contribution in [0.3, 0.4) is 0 Å². The predicted molar refractivity (Wildman–Crippen MR) is 71.7 cm³/mol. The second kappa shape index (κ2) is 4.98. The normalized spacial score (nSPS) is 12.9. The highest BCUT2D eigenvalue weighted by Crippen LogP contribution is 2.30. The van der Waals surface area contributed by atoms with Crippen LogP contribution < -0.4 is 4.90 Å². The minimum atomic E-state index is -0.278. The van der Waals surface area contributed by atoms with Gasteiger partial charge in [0.1, 0.15) is 12.1 Å². The van der Waals surface area contributed by atoms with E-state index in [1.54, 1.807) is 24.6 Å². The summed E-state index contributed by atoms with van der Waals surface area (Å²) in [4.78, 5) is 10.7. The molecule has 0 saturated carbocycles. The number of rotatable bonds is 4. The molecule has 0 amide bonds. The van der Waals surface area contributed by atoms with Crippen molar-refractivity contribution in [3.05, 3.63) is 17.3 Å². The smallest absolute Gasteiger partial charge is 0.149 e. The van der Waals surface area contributed by atoms with E-state index in [1.165, 1.54) is 5.56 Å². The van der Waals surface area contributed by atoms with E-state index in [4.69, 9.17) is 0 Å². The molecule has 4 nitrogen and oxygen atoms in total. The largest absolute Gasteiger partial charge is 0.393 e. The van der Waals surface area contributed by atoms with Crippen molar-refractivity contribution in [3.63, 3.8) is 0 Å². The van der Waals surface area contributed by atoms with Crippen LogP contribution in [0.2, 0.25) is 0 Å². The van der Waals surface area contributed by atoms with E-state index in [9.17, 15) is 5.11 Å². The van der Waals surface area contributed by atoms with Crippen molar-refractivity contribution in [1.82, 2.24) is 9.97 Å². The zero-order valence-corrected chi connectivity index (χ0v) is 11.2. The highest BCUT2D eigenvalue weighted by Gasteiger charge is 2.12. The van der Waals surface area contributed by atoms with Crippen LogP contribution in [0.4, 0.5) is 5.82 Å². The van der Waals surface area contributed by atoms with Crippen molar-refractivity contribution in [2.75, 3.05) is 18.5 Å². The summed E-state index contributed by atoms with van der Waals surface area (Å²) < 4.78 is 1.12. The topological polar surface area (TPSA) is 49.2 Å². The Morgan fingerprint density at radius 3 is 2.94 bits per heavy atom. The van der Waals surface area contributed by atoms with Gasteiger partial charge in [0.2, 0.25) is 0 Å². The van der Waals surface area contributed by atoms with Crippen LogP contribution in [0.5, 0.6) is 0 Å². The van der Waals surface area contributed by atoms with Gasteiger partial charge in [0.25, 0.3) is 0 Å². The maximum absolute atomic E-state index is 9.31. The van der Waals surface area contributed by atoms with Gasteiger partial charge in [-0.3, -0.25) is 0 Å². The predicted octanol–water partition coefficient (Wildman–Crippen LogP) is 2.21. The van der Waals surface area contributed by atoms with E-state index in [0.29, 0.717) is 0 Å². The number of hydrogen-bond donors (Lipinski definition) is 1. The Labute approximate surface area is 105 Å². The highest BCUT2D eigenvalue weighted by atomic mass is 32.1. The molecule has 0 aliphatic rings. The van der Waals surface area contributed by atoms with Gasteiger partial charge in [-0.05, 0) is 31.2 Å². The number of aromatic nitrogens is 2. The van der Waals surface area contributed by atoms with Crippen molar-refractivity contribution >= 4 is 27.4 Å². The number of aliphatic hydroxyl groups excluding tert-OH is 1. The Morgan fingerprint density at radius 1 is 1.47 bits per heavy atom. The fraction of sp³-hybridized carbons (Fsp3) is 0.500. The van der Waals surface area contributed by atoms with E-state index < -0.39 is 0 Å². The number of nitrogens with zero attached hydrogens (tertiary/aromatic N) is 3. The van der Waals surface area contributed by atoms with Crippen LogP contribution in [0.1, 0.15) is 18.9 Å². The lowest BCUT2D eigenvalue weighted by molar-refractivity contribution is 0.187. The summed E-state index contributed by atoms with van der Waals surface area (Å²) in [7, 11) is 2.00. The minimum Gasteiger partial charge on any atom is -0.393 e. The molecule has 0 aliphatic heterocycles. The molecule has 92 valence electrons. The maximum atomic E-state index is 9.31. The molecule has 2 rings (SSSR count). The molecule has 1 N–H and O–H groups in total. The fourth-order valence-corrected chi connectivity index (χ4v) is 2.76. The number of aliphatic hydroxyl groups is 1. The van der Waals surface area contributed by atoms with Gasteiger partial charge in [-0.15, -0.1) is 11.3 Å². The van der Waals surface area contributed by atoms with Gasteiger partial charge in [-0.2, -0.15) is 0 Å². The first kappa shape index (κ1) is 12.3. The number of anilines is 1. The van der Waals surface area contributed by atoms with Gasteiger partial charge in [-0.1, -0.05) is 0 Å². The van der Waals surface area contributed by atoms with Crippen molar-refractivity contribution < 1.29 is 5.11 Å². The van der Waals surface area contributed by atoms with Crippen LogP contribution in [0, 0.1) is 6.92 Å². The zero-order chi connectivity index (χ0) is 12.4. The lowest BCUT2D eigenvalue weighted by Crippen LogP contribution is -2.22. The van der Waals surface area contributed by atoms with Crippen LogP contribution in [0.15, 0.2) is 11.7 Å². The monoisotopic (exact) mass is 251 g/mol. The summed E-state index contributed by atoms with van der Waals surface area (Å²) in [5.74, 6) is 0.953. The van der Waals surface area contributed by atoms with Crippen LogP contribution >= 0.6 is 11.3 Å². The number of aryl methyl sites for hydroxylation is 1. The molecule has 17 heavy (non-hydrogen) atoms. The lowest BCUT2D eigenvalue weighted by atomic mass is 10.2. The molecule has 2 heterocycles. The second-order valence-corrected chi connectivity index (χ2v) is 5.23. The standard InChI is InChI=1S/C12H17N3OS/c1-8-6-17-11-10(8)13-7-14-12(11)15(3)5-4-9(2)16/h6-7,9,16H,4-5H2,1-3H3. The van der Waals surface area contributed by atoms with E-state index in [1.807, 2.05) is 7.05 Å². The van der Waals surface area contributed by atoms with E-state index in [2.05, 4.69) is 27.2 Å². The summed E-state index contributed by atoms with van der Waals surface area (Å²) in [5.41, 5.74) is 2.22. The lowest BCUT2D eigenvalue weighted by Gasteiger charge is -2.19. The Morgan fingerprint density at radius 2 is 2.24 bits per heavy atom.